The van der Waals surface area contributed by atoms with Crippen molar-refractivity contribution < 1.29 is 10.2 Å². The van der Waals surface area contributed by atoms with Crippen molar-refractivity contribution in [3.63, 3.8) is 0 Å². The first kappa shape index (κ1) is 13.4. The molecule has 1 unspecified atom stereocenters. The number of aryl methyl sites for hydroxylation is 1. The molecule has 0 bridgehead atoms. The molecule has 1 heterocycles. The molecule has 0 spiro atoms. The summed E-state index contributed by atoms with van der Waals surface area (Å²) in [4.78, 5) is 2.42. The average Bonchev–Trinajstić information content (AvgIpc) is 2.39. The van der Waals surface area contributed by atoms with E-state index >= 15 is 0 Å². The fraction of sp³-hybridized carbons (Fsp3) is 0.600. The summed E-state index contributed by atoms with van der Waals surface area (Å²) >= 11 is 0. The van der Waals surface area contributed by atoms with Crippen LogP contribution in [0.1, 0.15) is 30.4 Å². The van der Waals surface area contributed by atoms with Gasteiger partial charge in [0.1, 0.15) is 0 Å². The van der Waals surface area contributed by atoms with Gasteiger partial charge in [0.2, 0.25) is 0 Å². The van der Waals surface area contributed by atoms with Crippen LogP contribution in [0.2, 0.25) is 0 Å². The van der Waals surface area contributed by atoms with Crippen molar-refractivity contribution in [3.05, 3.63) is 29.3 Å². The summed E-state index contributed by atoms with van der Waals surface area (Å²) < 4.78 is 0. The van der Waals surface area contributed by atoms with Gasteiger partial charge in [0, 0.05) is 25.4 Å². The molecule has 3 nitrogen and oxygen atoms in total. The number of hydrogen-bond acceptors (Lipinski definition) is 3. The number of hydrogen-bond donors (Lipinski definition) is 2. The summed E-state index contributed by atoms with van der Waals surface area (Å²) in [5, 5.41) is 18.2. The number of anilines is 1. The van der Waals surface area contributed by atoms with Gasteiger partial charge in [-0.3, -0.25) is 0 Å². The van der Waals surface area contributed by atoms with Crippen LogP contribution < -0.4 is 4.90 Å². The second-order valence-corrected chi connectivity index (χ2v) is 5.25. The summed E-state index contributed by atoms with van der Waals surface area (Å²) in [5.74, 6) is 0.612. The Balaban J connectivity index is 2.10. The lowest BCUT2D eigenvalue weighted by molar-refractivity contribution is 0.244. The maximum absolute atomic E-state index is 9.13. The third kappa shape index (κ3) is 3.03. The van der Waals surface area contributed by atoms with Crippen LogP contribution in [0.5, 0.6) is 0 Å². The van der Waals surface area contributed by atoms with Crippen molar-refractivity contribution in [2.45, 2.75) is 32.8 Å². The van der Waals surface area contributed by atoms with E-state index in [0.29, 0.717) is 12.5 Å². The Kier molecular flexibility index (Phi) is 4.61. The van der Waals surface area contributed by atoms with E-state index in [1.807, 2.05) is 6.07 Å². The van der Waals surface area contributed by atoms with E-state index < -0.39 is 0 Å². The Bertz CT molecular complexity index is 390. The molecule has 0 amide bonds. The van der Waals surface area contributed by atoms with Crippen LogP contribution in [0.3, 0.4) is 0 Å². The van der Waals surface area contributed by atoms with E-state index in [2.05, 4.69) is 24.0 Å². The van der Waals surface area contributed by atoms with Gasteiger partial charge in [-0.05, 0) is 49.3 Å². The topological polar surface area (TPSA) is 43.7 Å². The zero-order valence-corrected chi connectivity index (χ0v) is 11.1. The number of aliphatic hydroxyl groups is 2. The molecule has 1 fully saturated rings. The lowest BCUT2D eigenvalue weighted by Crippen LogP contribution is -2.36. The molecule has 2 rings (SSSR count). The first-order valence-corrected chi connectivity index (χ1v) is 6.80. The van der Waals surface area contributed by atoms with Gasteiger partial charge in [0.15, 0.2) is 0 Å². The second-order valence-electron chi connectivity index (χ2n) is 5.25. The Morgan fingerprint density at radius 3 is 2.83 bits per heavy atom. The Labute approximate surface area is 109 Å². The van der Waals surface area contributed by atoms with Crippen LogP contribution in [0, 0.1) is 12.8 Å². The van der Waals surface area contributed by atoms with Crippen LogP contribution in [-0.2, 0) is 6.61 Å². The van der Waals surface area contributed by atoms with Gasteiger partial charge >= 0.3 is 0 Å². The lowest BCUT2D eigenvalue weighted by Gasteiger charge is -2.35. The Morgan fingerprint density at radius 2 is 2.17 bits per heavy atom. The van der Waals surface area contributed by atoms with Crippen molar-refractivity contribution in [2.24, 2.45) is 5.92 Å². The van der Waals surface area contributed by atoms with Crippen LogP contribution in [-0.4, -0.2) is 29.9 Å². The average molecular weight is 249 g/mol. The largest absolute Gasteiger partial charge is 0.396 e. The fourth-order valence-corrected chi connectivity index (χ4v) is 2.87. The summed E-state index contributed by atoms with van der Waals surface area (Å²) in [7, 11) is 0. The Morgan fingerprint density at radius 1 is 1.33 bits per heavy atom. The van der Waals surface area contributed by atoms with Crippen LogP contribution >= 0.6 is 0 Å². The minimum atomic E-state index is 0.105. The molecule has 1 aliphatic heterocycles. The zero-order chi connectivity index (χ0) is 13.0. The van der Waals surface area contributed by atoms with Crippen molar-refractivity contribution in [2.75, 3.05) is 24.6 Å². The van der Waals surface area contributed by atoms with Gasteiger partial charge in [-0.1, -0.05) is 12.1 Å². The normalized spacial score (nSPS) is 20.2. The molecule has 0 aromatic heterocycles. The smallest absolute Gasteiger partial charge is 0.0681 e. The first-order chi connectivity index (χ1) is 8.74. The quantitative estimate of drug-likeness (QED) is 0.858. The predicted octanol–water partition coefficient (Wildman–Crippen LogP) is 2.09. The second kappa shape index (κ2) is 6.21. The van der Waals surface area contributed by atoms with Gasteiger partial charge in [0.25, 0.3) is 0 Å². The molecule has 0 saturated carbocycles. The number of piperidine rings is 1. The van der Waals surface area contributed by atoms with Gasteiger partial charge in [-0.15, -0.1) is 0 Å². The minimum Gasteiger partial charge on any atom is -0.396 e. The maximum Gasteiger partial charge on any atom is 0.0681 e. The molecule has 1 aromatic carbocycles. The van der Waals surface area contributed by atoms with E-state index in [0.717, 1.165) is 25.1 Å². The fourth-order valence-electron chi connectivity index (χ4n) is 2.87. The standard InChI is InChI=1S/C15H23NO2/c1-12-9-14(11-18)4-5-15(12)16-7-2-3-13(10-16)6-8-17/h4-5,9,13,17-18H,2-3,6-8,10-11H2,1H3. The highest BCUT2D eigenvalue weighted by Crippen LogP contribution is 2.28. The summed E-state index contributed by atoms with van der Waals surface area (Å²) in [6.45, 7) is 4.64. The molecule has 1 saturated heterocycles. The van der Waals surface area contributed by atoms with E-state index in [-0.39, 0.29) is 6.61 Å². The summed E-state index contributed by atoms with van der Waals surface area (Å²) in [6.07, 6.45) is 3.33. The summed E-state index contributed by atoms with van der Waals surface area (Å²) in [6, 6.07) is 6.17. The molecular weight excluding hydrogens is 226 g/mol. The van der Waals surface area contributed by atoms with Crippen molar-refractivity contribution in [1.29, 1.82) is 0 Å². The van der Waals surface area contributed by atoms with Crippen LogP contribution in [0.15, 0.2) is 18.2 Å². The van der Waals surface area contributed by atoms with E-state index in [4.69, 9.17) is 10.2 Å². The van der Waals surface area contributed by atoms with Crippen molar-refractivity contribution >= 4 is 5.69 Å². The van der Waals surface area contributed by atoms with Gasteiger partial charge in [0.05, 0.1) is 6.61 Å². The van der Waals surface area contributed by atoms with Gasteiger partial charge in [-0.2, -0.15) is 0 Å². The molecule has 18 heavy (non-hydrogen) atoms. The molecule has 1 aromatic rings. The van der Waals surface area contributed by atoms with E-state index in [1.165, 1.54) is 24.1 Å². The van der Waals surface area contributed by atoms with Crippen LogP contribution in [0.25, 0.3) is 0 Å². The van der Waals surface area contributed by atoms with Gasteiger partial charge < -0.3 is 15.1 Å². The van der Waals surface area contributed by atoms with Crippen LogP contribution in [0.4, 0.5) is 5.69 Å². The molecular formula is C15H23NO2. The molecule has 3 heteroatoms. The molecule has 0 aliphatic carbocycles. The molecule has 2 N–H and O–H groups in total. The lowest BCUT2D eigenvalue weighted by atomic mass is 9.94. The highest BCUT2D eigenvalue weighted by molar-refractivity contribution is 5.54. The predicted molar refractivity (Wildman–Crippen MR) is 73.7 cm³/mol. The third-order valence-corrected chi connectivity index (χ3v) is 3.84. The molecule has 1 atom stereocenters. The SMILES string of the molecule is Cc1cc(CO)ccc1N1CCCC(CCO)C1. The highest BCUT2D eigenvalue weighted by atomic mass is 16.3. The maximum atomic E-state index is 9.13. The van der Waals surface area contributed by atoms with Gasteiger partial charge in [-0.25, -0.2) is 0 Å². The highest BCUT2D eigenvalue weighted by Gasteiger charge is 2.20. The minimum absolute atomic E-state index is 0.105. The third-order valence-electron chi connectivity index (χ3n) is 3.84. The monoisotopic (exact) mass is 249 g/mol. The number of nitrogens with zero attached hydrogens (tertiary/aromatic N) is 1. The van der Waals surface area contributed by atoms with E-state index in [1.54, 1.807) is 0 Å². The number of aliphatic hydroxyl groups excluding tert-OH is 2. The first-order valence-electron chi connectivity index (χ1n) is 6.80. The zero-order valence-electron chi connectivity index (χ0n) is 11.1. The number of rotatable bonds is 4. The van der Waals surface area contributed by atoms with E-state index in [9.17, 15) is 0 Å². The molecule has 0 radical (unpaired) electrons. The number of benzene rings is 1. The molecule has 100 valence electrons. The Hall–Kier alpha value is -1.06. The van der Waals surface area contributed by atoms with Crippen molar-refractivity contribution in [3.8, 4) is 0 Å². The summed E-state index contributed by atoms with van der Waals surface area (Å²) in [5.41, 5.74) is 3.47. The van der Waals surface area contributed by atoms with Crippen molar-refractivity contribution in [1.82, 2.24) is 0 Å². The molecule has 1 aliphatic rings.